The van der Waals surface area contributed by atoms with E-state index in [1.165, 1.54) is 12.1 Å². The molecule has 0 aromatic heterocycles. The van der Waals surface area contributed by atoms with Crippen LogP contribution in [0.25, 0.3) is 0 Å². The van der Waals surface area contributed by atoms with Gasteiger partial charge >= 0.3 is 0 Å². The Balaban J connectivity index is 2.96. The van der Waals surface area contributed by atoms with Gasteiger partial charge in [0.05, 0.1) is 10.5 Å². The highest BCUT2D eigenvalue weighted by Gasteiger charge is 2.17. The summed E-state index contributed by atoms with van der Waals surface area (Å²) in [4.78, 5) is 22.3. The standard InChI is InChI=1S/C13H13IN2O3/c1-3-5-9(4-2)15-13(17)11-8-10(16(18)19)6-7-12(11)14/h1,6-9H,4-5H2,2H3,(H,15,17). The molecule has 1 atom stereocenters. The van der Waals surface area contributed by atoms with Crippen LogP contribution in [-0.2, 0) is 0 Å². The van der Waals surface area contributed by atoms with Crippen LogP contribution in [0.4, 0.5) is 5.69 Å². The molecule has 0 radical (unpaired) electrons. The van der Waals surface area contributed by atoms with E-state index < -0.39 is 4.92 Å². The van der Waals surface area contributed by atoms with Crippen molar-refractivity contribution in [2.75, 3.05) is 0 Å². The van der Waals surface area contributed by atoms with E-state index in [0.29, 0.717) is 22.0 Å². The van der Waals surface area contributed by atoms with Gasteiger partial charge in [-0.1, -0.05) is 6.92 Å². The highest BCUT2D eigenvalue weighted by Crippen LogP contribution is 2.19. The number of hydrogen-bond acceptors (Lipinski definition) is 3. The number of carbonyl (C=O) groups is 1. The summed E-state index contributed by atoms with van der Waals surface area (Å²) < 4.78 is 0.663. The molecule has 1 N–H and O–H groups in total. The van der Waals surface area contributed by atoms with Gasteiger partial charge < -0.3 is 5.32 Å². The number of nitrogens with zero attached hydrogens (tertiary/aromatic N) is 1. The van der Waals surface area contributed by atoms with Crippen molar-refractivity contribution in [1.82, 2.24) is 5.32 Å². The first-order chi connectivity index (χ1) is 8.99. The number of terminal acetylenes is 1. The molecule has 0 spiro atoms. The average Bonchev–Trinajstić information content (AvgIpc) is 2.38. The summed E-state index contributed by atoms with van der Waals surface area (Å²) in [5.41, 5.74) is 0.195. The Morgan fingerprint density at radius 3 is 2.84 bits per heavy atom. The molecule has 0 aliphatic rings. The number of carbonyl (C=O) groups excluding carboxylic acids is 1. The van der Waals surface area contributed by atoms with Crippen LogP contribution in [0.15, 0.2) is 18.2 Å². The van der Waals surface area contributed by atoms with Crippen molar-refractivity contribution in [3.8, 4) is 12.3 Å². The first-order valence-electron chi connectivity index (χ1n) is 5.67. The molecule has 1 aromatic carbocycles. The summed E-state index contributed by atoms with van der Waals surface area (Å²) in [6.45, 7) is 1.92. The zero-order chi connectivity index (χ0) is 14.4. The van der Waals surface area contributed by atoms with Gasteiger partial charge in [0, 0.05) is 28.2 Å². The molecule has 100 valence electrons. The molecule has 19 heavy (non-hydrogen) atoms. The van der Waals surface area contributed by atoms with Gasteiger partial charge in [-0.25, -0.2) is 0 Å². The maximum Gasteiger partial charge on any atom is 0.270 e. The van der Waals surface area contributed by atoms with Crippen molar-refractivity contribution >= 4 is 34.2 Å². The molecule has 0 aliphatic carbocycles. The van der Waals surface area contributed by atoms with Gasteiger partial charge in [-0.15, -0.1) is 12.3 Å². The van der Waals surface area contributed by atoms with Crippen LogP contribution in [0.2, 0.25) is 0 Å². The van der Waals surface area contributed by atoms with Crippen molar-refractivity contribution in [3.05, 3.63) is 37.4 Å². The zero-order valence-electron chi connectivity index (χ0n) is 10.4. The minimum Gasteiger partial charge on any atom is -0.348 e. The summed E-state index contributed by atoms with van der Waals surface area (Å²) >= 11 is 1.97. The Morgan fingerprint density at radius 2 is 2.32 bits per heavy atom. The molecule has 1 aromatic rings. The minimum absolute atomic E-state index is 0.101. The van der Waals surface area contributed by atoms with Gasteiger partial charge in [0.2, 0.25) is 0 Å². The van der Waals surface area contributed by atoms with Crippen LogP contribution in [0.5, 0.6) is 0 Å². The fourth-order valence-corrected chi connectivity index (χ4v) is 2.08. The van der Waals surface area contributed by atoms with Crippen molar-refractivity contribution < 1.29 is 9.72 Å². The Bertz CT molecular complexity index is 537. The summed E-state index contributed by atoms with van der Waals surface area (Å²) in [6.07, 6.45) is 6.37. The number of nitro benzene ring substituents is 1. The Labute approximate surface area is 125 Å². The van der Waals surface area contributed by atoms with Gasteiger partial charge in [-0.05, 0) is 35.1 Å². The van der Waals surface area contributed by atoms with Gasteiger partial charge in [0.15, 0.2) is 0 Å². The molecule has 1 rings (SSSR count). The Morgan fingerprint density at radius 1 is 1.63 bits per heavy atom. The predicted octanol–water partition coefficient (Wildman–Crippen LogP) is 2.73. The zero-order valence-corrected chi connectivity index (χ0v) is 12.5. The van der Waals surface area contributed by atoms with Gasteiger partial charge in [-0.3, -0.25) is 14.9 Å². The number of nitrogens with one attached hydrogen (secondary N) is 1. The number of nitro groups is 1. The highest BCUT2D eigenvalue weighted by molar-refractivity contribution is 14.1. The maximum atomic E-state index is 12.1. The van der Waals surface area contributed by atoms with Crippen molar-refractivity contribution in [3.63, 3.8) is 0 Å². The largest absolute Gasteiger partial charge is 0.348 e. The van der Waals surface area contributed by atoms with E-state index in [4.69, 9.17) is 6.42 Å². The van der Waals surface area contributed by atoms with E-state index >= 15 is 0 Å². The van der Waals surface area contributed by atoms with Crippen LogP contribution >= 0.6 is 22.6 Å². The van der Waals surface area contributed by atoms with Crippen molar-refractivity contribution in [1.29, 1.82) is 0 Å². The summed E-state index contributed by atoms with van der Waals surface area (Å²) in [6, 6.07) is 4.08. The molecule has 1 amide bonds. The lowest BCUT2D eigenvalue weighted by atomic mass is 10.1. The SMILES string of the molecule is C#CCC(CC)NC(=O)c1cc([N+](=O)[O-])ccc1I. The second kappa shape index (κ2) is 7.09. The van der Waals surface area contributed by atoms with Crippen molar-refractivity contribution in [2.24, 2.45) is 0 Å². The molecule has 5 nitrogen and oxygen atoms in total. The molecular weight excluding hydrogens is 359 g/mol. The average molecular weight is 372 g/mol. The summed E-state index contributed by atoms with van der Waals surface area (Å²) in [5.74, 6) is 2.16. The fraction of sp³-hybridized carbons (Fsp3) is 0.308. The quantitative estimate of drug-likeness (QED) is 0.374. The summed E-state index contributed by atoms with van der Waals surface area (Å²) in [7, 11) is 0. The second-order valence-corrected chi connectivity index (χ2v) is 5.07. The monoisotopic (exact) mass is 372 g/mol. The molecular formula is C13H13IN2O3. The van der Waals surface area contributed by atoms with E-state index in [9.17, 15) is 14.9 Å². The van der Waals surface area contributed by atoms with Crippen LogP contribution in [-0.4, -0.2) is 16.9 Å². The molecule has 0 heterocycles. The molecule has 1 unspecified atom stereocenters. The highest BCUT2D eigenvalue weighted by atomic mass is 127. The van der Waals surface area contributed by atoms with E-state index in [1.54, 1.807) is 6.07 Å². The third-order valence-electron chi connectivity index (χ3n) is 2.60. The second-order valence-electron chi connectivity index (χ2n) is 3.91. The van der Waals surface area contributed by atoms with E-state index in [0.717, 1.165) is 0 Å². The Kier molecular flexibility index (Phi) is 5.76. The molecule has 6 heteroatoms. The van der Waals surface area contributed by atoms with E-state index in [1.807, 2.05) is 29.5 Å². The van der Waals surface area contributed by atoms with Gasteiger partial charge in [0.1, 0.15) is 0 Å². The molecule has 0 bridgehead atoms. The number of non-ortho nitro benzene ring substituents is 1. The number of rotatable bonds is 5. The minimum atomic E-state index is -0.522. The Hall–Kier alpha value is -1.62. The molecule has 0 saturated heterocycles. The lowest BCUT2D eigenvalue weighted by Gasteiger charge is -2.14. The summed E-state index contributed by atoms with van der Waals surface area (Å²) in [5, 5.41) is 13.5. The number of benzene rings is 1. The first-order valence-corrected chi connectivity index (χ1v) is 6.75. The van der Waals surface area contributed by atoms with Crippen LogP contribution in [0.1, 0.15) is 30.1 Å². The van der Waals surface area contributed by atoms with Gasteiger partial charge in [-0.2, -0.15) is 0 Å². The molecule has 0 saturated carbocycles. The lowest BCUT2D eigenvalue weighted by molar-refractivity contribution is -0.384. The van der Waals surface area contributed by atoms with E-state index in [2.05, 4.69) is 11.2 Å². The van der Waals surface area contributed by atoms with Crippen molar-refractivity contribution in [2.45, 2.75) is 25.8 Å². The lowest BCUT2D eigenvalue weighted by Crippen LogP contribution is -2.34. The molecule has 0 aliphatic heterocycles. The third-order valence-corrected chi connectivity index (χ3v) is 3.54. The number of amides is 1. The topological polar surface area (TPSA) is 72.2 Å². The maximum absolute atomic E-state index is 12.1. The van der Waals surface area contributed by atoms with Crippen LogP contribution in [0.3, 0.4) is 0 Å². The van der Waals surface area contributed by atoms with Crippen LogP contribution < -0.4 is 5.32 Å². The number of halogens is 1. The normalized spacial score (nSPS) is 11.4. The van der Waals surface area contributed by atoms with Crippen LogP contribution in [0, 0.1) is 26.0 Å². The predicted molar refractivity (Wildman–Crippen MR) is 80.8 cm³/mol. The fourth-order valence-electron chi connectivity index (χ4n) is 1.50. The molecule has 0 fully saturated rings. The first kappa shape index (κ1) is 15.4. The van der Waals surface area contributed by atoms with E-state index in [-0.39, 0.29) is 17.6 Å². The van der Waals surface area contributed by atoms with Gasteiger partial charge in [0.25, 0.3) is 11.6 Å². The third kappa shape index (κ3) is 4.21. The smallest absolute Gasteiger partial charge is 0.270 e. The number of hydrogen-bond donors (Lipinski definition) is 1.